The summed E-state index contributed by atoms with van der Waals surface area (Å²) in [5, 5.41) is 11.9. The number of H-pyrrole nitrogens is 1. The Morgan fingerprint density at radius 1 is 1.35 bits per heavy atom. The zero-order valence-corrected chi connectivity index (χ0v) is 10.3. The number of halogens is 1. The van der Waals surface area contributed by atoms with E-state index in [1.54, 1.807) is 6.20 Å². The topological polar surface area (TPSA) is 48.9 Å². The van der Waals surface area contributed by atoms with E-state index in [0.29, 0.717) is 9.34 Å². The molecule has 0 radical (unpaired) electrons. The minimum Gasteiger partial charge on any atom is -0.381 e. The highest BCUT2D eigenvalue weighted by Crippen LogP contribution is 2.32. The number of rotatable bonds is 2. The number of nitrogens with zero attached hydrogens (tertiary/aromatic N) is 1. The Hall–Kier alpha value is -1.36. The van der Waals surface area contributed by atoms with Crippen molar-refractivity contribution in [1.29, 1.82) is 0 Å². The molecule has 5 heteroatoms. The first kappa shape index (κ1) is 10.8. The van der Waals surface area contributed by atoms with Crippen LogP contribution >= 0.6 is 22.9 Å². The smallest absolute Gasteiger partial charge is 0.131 e. The number of nitrogens with one attached hydrogen (secondary N) is 1. The molecule has 2 heterocycles. The summed E-state index contributed by atoms with van der Waals surface area (Å²) in [5.41, 5.74) is 1.85. The van der Waals surface area contributed by atoms with Gasteiger partial charge in [-0.25, -0.2) is 4.98 Å². The van der Waals surface area contributed by atoms with Crippen molar-refractivity contribution in [3.05, 3.63) is 51.6 Å². The number of aromatic amines is 1. The van der Waals surface area contributed by atoms with E-state index in [0.717, 1.165) is 16.5 Å². The van der Waals surface area contributed by atoms with E-state index in [9.17, 15) is 5.11 Å². The molecule has 86 valence electrons. The molecule has 0 bridgehead atoms. The van der Waals surface area contributed by atoms with Gasteiger partial charge in [-0.1, -0.05) is 23.7 Å². The maximum absolute atomic E-state index is 10.3. The van der Waals surface area contributed by atoms with Gasteiger partial charge in [0.2, 0.25) is 0 Å². The average molecular weight is 265 g/mol. The molecular weight excluding hydrogens is 256 g/mol. The predicted molar refractivity (Wildman–Crippen MR) is 69.5 cm³/mol. The zero-order valence-electron chi connectivity index (χ0n) is 8.72. The van der Waals surface area contributed by atoms with Crippen molar-refractivity contribution in [2.75, 3.05) is 0 Å². The Bertz CT molecular complexity index is 661. The van der Waals surface area contributed by atoms with Crippen LogP contribution in [0.1, 0.15) is 16.7 Å². The standard InChI is InChI=1S/C12H9ClN2OS/c13-10-6-15-12(17-10)11(16)8-2-1-3-9-7(8)4-5-14-9/h1-6,11,14,16H. The highest BCUT2D eigenvalue weighted by atomic mass is 35.5. The second-order valence-corrected chi connectivity index (χ2v) is 5.38. The average Bonchev–Trinajstić information content (AvgIpc) is 2.95. The van der Waals surface area contributed by atoms with Gasteiger partial charge in [0.05, 0.1) is 6.20 Å². The molecule has 1 atom stereocenters. The molecule has 0 aliphatic carbocycles. The second-order valence-electron chi connectivity index (χ2n) is 3.69. The quantitative estimate of drug-likeness (QED) is 0.746. The number of benzene rings is 1. The fourth-order valence-corrected chi connectivity index (χ4v) is 2.81. The monoisotopic (exact) mass is 264 g/mol. The van der Waals surface area contributed by atoms with Crippen LogP contribution in [-0.4, -0.2) is 15.1 Å². The minimum absolute atomic E-state index is 0.584. The molecule has 2 aromatic heterocycles. The number of hydrogen-bond acceptors (Lipinski definition) is 3. The summed E-state index contributed by atoms with van der Waals surface area (Å²) in [6, 6.07) is 7.73. The van der Waals surface area contributed by atoms with Crippen LogP contribution in [-0.2, 0) is 0 Å². The Kier molecular flexibility index (Phi) is 2.63. The molecule has 17 heavy (non-hydrogen) atoms. The van der Waals surface area contributed by atoms with Crippen LogP contribution in [0.5, 0.6) is 0 Å². The van der Waals surface area contributed by atoms with Crippen molar-refractivity contribution < 1.29 is 5.11 Å². The van der Waals surface area contributed by atoms with E-state index in [2.05, 4.69) is 9.97 Å². The summed E-state index contributed by atoms with van der Waals surface area (Å²) in [4.78, 5) is 7.23. The first-order valence-electron chi connectivity index (χ1n) is 5.11. The van der Waals surface area contributed by atoms with Crippen LogP contribution in [0.15, 0.2) is 36.7 Å². The number of fused-ring (bicyclic) bond motifs is 1. The SMILES string of the molecule is OC(c1ncc(Cl)s1)c1cccc2[nH]ccc12. The van der Waals surface area contributed by atoms with Crippen molar-refractivity contribution in [2.45, 2.75) is 6.10 Å². The Balaban J connectivity index is 2.12. The van der Waals surface area contributed by atoms with Gasteiger partial charge in [0.1, 0.15) is 15.4 Å². The lowest BCUT2D eigenvalue weighted by atomic mass is 10.1. The van der Waals surface area contributed by atoms with Gasteiger partial charge in [-0.2, -0.15) is 0 Å². The number of aromatic nitrogens is 2. The van der Waals surface area contributed by atoms with E-state index in [4.69, 9.17) is 11.6 Å². The lowest BCUT2D eigenvalue weighted by molar-refractivity contribution is 0.221. The van der Waals surface area contributed by atoms with Gasteiger partial charge >= 0.3 is 0 Å². The lowest BCUT2D eigenvalue weighted by Gasteiger charge is -2.09. The van der Waals surface area contributed by atoms with Crippen molar-refractivity contribution >= 4 is 33.8 Å². The number of thiazole rings is 1. The van der Waals surface area contributed by atoms with Gasteiger partial charge in [0.15, 0.2) is 0 Å². The second kappa shape index (κ2) is 4.14. The molecule has 0 amide bonds. The summed E-state index contributed by atoms with van der Waals surface area (Å²) < 4.78 is 0.584. The third-order valence-corrected chi connectivity index (χ3v) is 3.82. The van der Waals surface area contributed by atoms with Gasteiger partial charge < -0.3 is 10.1 Å². The first-order valence-corrected chi connectivity index (χ1v) is 6.30. The summed E-state index contributed by atoms with van der Waals surface area (Å²) in [5.74, 6) is 0. The highest BCUT2D eigenvalue weighted by molar-refractivity contribution is 7.15. The molecule has 1 unspecified atom stereocenters. The third kappa shape index (κ3) is 1.84. The van der Waals surface area contributed by atoms with E-state index in [1.807, 2.05) is 30.5 Å². The number of aliphatic hydroxyl groups excluding tert-OH is 1. The Labute approximate surface area is 107 Å². The predicted octanol–water partition coefficient (Wildman–Crippen LogP) is 3.36. The van der Waals surface area contributed by atoms with Gasteiger partial charge in [-0.05, 0) is 17.7 Å². The molecule has 2 N–H and O–H groups in total. The largest absolute Gasteiger partial charge is 0.381 e. The highest BCUT2D eigenvalue weighted by Gasteiger charge is 2.17. The normalized spacial score (nSPS) is 13.1. The molecule has 0 saturated heterocycles. The van der Waals surface area contributed by atoms with Gasteiger partial charge in [-0.3, -0.25) is 0 Å². The van der Waals surface area contributed by atoms with Crippen molar-refractivity contribution in [1.82, 2.24) is 9.97 Å². The van der Waals surface area contributed by atoms with Crippen LogP contribution in [0.4, 0.5) is 0 Å². The minimum atomic E-state index is -0.730. The molecule has 3 nitrogen and oxygen atoms in total. The fraction of sp³-hybridized carbons (Fsp3) is 0.0833. The van der Waals surface area contributed by atoms with Crippen LogP contribution in [0.25, 0.3) is 10.9 Å². The first-order chi connectivity index (χ1) is 8.25. The molecule has 0 aliphatic rings. The lowest BCUT2D eigenvalue weighted by Crippen LogP contribution is -1.99. The third-order valence-electron chi connectivity index (χ3n) is 2.65. The fourth-order valence-electron chi connectivity index (χ4n) is 1.87. The summed E-state index contributed by atoms with van der Waals surface area (Å²) in [6.45, 7) is 0. The maximum Gasteiger partial charge on any atom is 0.131 e. The van der Waals surface area contributed by atoms with Crippen LogP contribution in [0, 0.1) is 0 Å². The summed E-state index contributed by atoms with van der Waals surface area (Å²) in [7, 11) is 0. The van der Waals surface area contributed by atoms with Crippen molar-refractivity contribution in [2.24, 2.45) is 0 Å². The number of aliphatic hydroxyl groups is 1. The molecular formula is C12H9ClN2OS. The van der Waals surface area contributed by atoms with Gasteiger partial charge in [-0.15, -0.1) is 11.3 Å². The van der Waals surface area contributed by atoms with Crippen LogP contribution < -0.4 is 0 Å². The molecule has 0 fully saturated rings. The molecule has 0 spiro atoms. The zero-order chi connectivity index (χ0) is 11.8. The van der Waals surface area contributed by atoms with E-state index in [-0.39, 0.29) is 0 Å². The molecule has 0 saturated carbocycles. The molecule has 0 aliphatic heterocycles. The molecule has 1 aromatic carbocycles. The van der Waals surface area contributed by atoms with Crippen molar-refractivity contribution in [3.8, 4) is 0 Å². The van der Waals surface area contributed by atoms with Crippen molar-refractivity contribution in [3.63, 3.8) is 0 Å². The van der Waals surface area contributed by atoms with E-state index < -0.39 is 6.10 Å². The molecule has 3 rings (SSSR count). The Morgan fingerprint density at radius 3 is 3.00 bits per heavy atom. The molecule has 3 aromatic rings. The Morgan fingerprint density at radius 2 is 2.24 bits per heavy atom. The van der Waals surface area contributed by atoms with Crippen LogP contribution in [0.2, 0.25) is 4.34 Å². The van der Waals surface area contributed by atoms with Gasteiger partial charge in [0, 0.05) is 17.1 Å². The van der Waals surface area contributed by atoms with Gasteiger partial charge in [0.25, 0.3) is 0 Å². The summed E-state index contributed by atoms with van der Waals surface area (Å²) in [6.07, 6.45) is 2.68. The summed E-state index contributed by atoms with van der Waals surface area (Å²) >= 11 is 7.12. The van der Waals surface area contributed by atoms with Crippen LogP contribution in [0.3, 0.4) is 0 Å². The van der Waals surface area contributed by atoms with E-state index >= 15 is 0 Å². The number of hydrogen-bond donors (Lipinski definition) is 2. The van der Waals surface area contributed by atoms with E-state index in [1.165, 1.54) is 11.3 Å². The maximum atomic E-state index is 10.3.